The summed E-state index contributed by atoms with van der Waals surface area (Å²) in [6, 6.07) is 10.2. The zero-order chi connectivity index (χ0) is 19.9. The second-order valence-electron chi connectivity index (χ2n) is 7.26. The van der Waals surface area contributed by atoms with Crippen molar-refractivity contribution in [2.75, 3.05) is 18.0 Å². The average molecular weight is 419 g/mol. The number of fused-ring (bicyclic) bond motifs is 1. The minimum Gasteiger partial charge on any atom is -0.370 e. The summed E-state index contributed by atoms with van der Waals surface area (Å²) in [6.45, 7) is 3.75. The fourth-order valence-corrected chi connectivity index (χ4v) is 5.23. The van der Waals surface area contributed by atoms with Crippen LogP contribution in [0.5, 0.6) is 0 Å². The predicted molar refractivity (Wildman–Crippen MR) is 109 cm³/mol. The number of hydrogen-bond donors (Lipinski definition) is 0. The molecule has 0 amide bonds. The number of pyridine rings is 1. The molecule has 1 aliphatic rings. The maximum absolute atomic E-state index is 13.4. The number of nitrogens with zero attached hydrogens (tertiary/aromatic N) is 2. The van der Waals surface area contributed by atoms with Gasteiger partial charge in [-0.1, -0.05) is 18.5 Å². The Balaban J connectivity index is 1.93. The van der Waals surface area contributed by atoms with Crippen molar-refractivity contribution in [2.24, 2.45) is 5.92 Å². The van der Waals surface area contributed by atoms with Crippen molar-refractivity contribution in [2.45, 2.75) is 29.6 Å². The summed E-state index contributed by atoms with van der Waals surface area (Å²) in [5.74, 6) is 0.131. The van der Waals surface area contributed by atoms with Gasteiger partial charge in [-0.25, -0.2) is 12.8 Å². The van der Waals surface area contributed by atoms with E-state index in [1.807, 2.05) is 6.07 Å². The van der Waals surface area contributed by atoms with Gasteiger partial charge in [-0.15, -0.1) is 0 Å². The van der Waals surface area contributed by atoms with Gasteiger partial charge < -0.3 is 4.90 Å². The molecule has 2 aromatic carbocycles. The lowest BCUT2D eigenvalue weighted by atomic mass is 9.98. The first-order chi connectivity index (χ1) is 13.4. The largest absolute Gasteiger partial charge is 0.370 e. The Morgan fingerprint density at radius 1 is 1.11 bits per heavy atom. The summed E-state index contributed by atoms with van der Waals surface area (Å²) in [4.78, 5) is 6.67. The van der Waals surface area contributed by atoms with E-state index in [-0.39, 0.29) is 9.79 Å². The van der Waals surface area contributed by atoms with Crippen LogP contribution >= 0.6 is 11.6 Å². The minimum absolute atomic E-state index is 0.0515. The monoisotopic (exact) mass is 418 g/mol. The van der Waals surface area contributed by atoms with E-state index in [1.165, 1.54) is 18.3 Å². The highest BCUT2D eigenvalue weighted by Gasteiger charge is 2.28. The number of hydrogen-bond acceptors (Lipinski definition) is 4. The predicted octanol–water partition coefficient (Wildman–Crippen LogP) is 5.10. The molecule has 0 saturated carbocycles. The van der Waals surface area contributed by atoms with Crippen LogP contribution in [0.3, 0.4) is 0 Å². The van der Waals surface area contributed by atoms with E-state index in [2.05, 4.69) is 16.8 Å². The van der Waals surface area contributed by atoms with Crippen molar-refractivity contribution in [3.8, 4) is 0 Å². The quantitative estimate of drug-likeness (QED) is 0.555. The second kappa shape index (κ2) is 7.33. The van der Waals surface area contributed by atoms with Crippen molar-refractivity contribution >= 4 is 38.0 Å². The molecule has 0 bridgehead atoms. The third-order valence-corrected chi connectivity index (χ3v) is 7.29. The molecule has 0 N–H and O–H groups in total. The van der Waals surface area contributed by atoms with Crippen LogP contribution in [0.2, 0.25) is 5.02 Å². The fourth-order valence-electron chi connectivity index (χ4n) is 3.63. The summed E-state index contributed by atoms with van der Waals surface area (Å²) in [5, 5.41) is 1.30. The fraction of sp³-hybridized carbons (Fsp3) is 0.286. The van der Waals surface area contributed by atoms with Crippen LogP contribution in [-0.4, -0.2) is 26.5 Å². The zero-order valence-corrected chi connectivity index (χ0v) is 17.0. The van der Waals surface area contributed by atoms with Gasteiger partial charge in [0.05, 0.1) is 16.1 Å². The molecule has 4 nitrogen and oxygen atoms in total. The normalized spacial score (nSPS) is 15.9. The lowest BCUT2D eigenvalue weighted by molar-refractivity contribution is 0.437. The van der Waals surface area contributed by atoms with Gasteiger partial charge in [0, 0.05) is 29.7 Å². The minimum atomic E-state index is -3.85. The Morgan fingerprint density at radius 3 is 2.46 bits per heavy atom. The van der Waals surface area contributed by atoms with Crippen LogP contribution < -0.4 is 4.90 Å². The van der Waals surface area contributed by atoms with Gasteiger partial charge in [0.2, 0.25) is 9.84 Å². The lowest BCUT2D eigenvalue weighted by Gasteiger charge is -2.34. The Bertz CT molecular complexity index is 1130. The van der Waals surface area contributed by atoms with E-state index in [1.54, 1.807) is 12.1 Å². The molecule has 3 aromatic rings. The maximum atomic E-state index is 13.4. The molecular weight excluding hydrogens is 399 g/mol. The van der Waals surface area contributed by atoms with Crippen LogP contribution in [0.15, 0.2) is 58.5 Å². The highest BCUT2D eigenvalue weighted by atomic mass is 35.5. The molecule has 2 heterocycles. The molecule has 28 heavy (non-hydrogen) atoms. The average Bonchev–Trinajstić information content (AvgIpc) is 2.68. The molecule has 0 atom stereocenters. The van der Waals surface area contributed by atoms with Gasteiger partial charge in [-0.2, -0.15) is 0 Å². The third-order valence-electron chi connectivity index (χ3n) is 5.28. The van der Waals surface area contributed by atoms with E-state index in [0.29, 0.717) is 22.1 Å². The smallest absolute Gasteiger partial charge is 0.210 e. The first-order valence-electron chi connectivity index (χ1n) is 9.20. The van der Waals surface area contributed by atoms with E-state index < -0.39 is 15.7 Å². The van der Waals surface area contributed by atoms with Crippen molar-refractivity contribution in [3.05, 3.63) is 59.5 Å². The summed E-state index contributed by atoms with van der Waals surface area (Å²) in [7, 11) is -3.85. The topological polar surface area (TPSA) is 50.3 Å². The van der Waals surface area contributed by atoms with Crippen LogP contribution in [0.1, 0.15) is 19.8 Å². The molecule has 146 valence electrons. The van der Waals surface area contributed by atoms with E-state index >= 15 is 0 Å². The van der Waals surface area contributed by atoms with Gasteiger partial charge in [0.15, 0.2) is 0 Å². The zero-order valence-electron chi connectivity index (χ0n) is 15.4. The van der Waals surface area contributed by atoms with Crippen LogP contribution in [0.4, 0.5) is 10.1 Å². The Morgan fingerprint density at radius 2 is 1.79 bits per heavy atom. The van der Waals surface area contributed by atoms with Crippen LogP contribution in [0.25, 0.3) is 10.9 Å². The Labute approximate surface area is 168 Å². The van der Waals surface area contributed by atoms with Gasteiger partial charge in [-0.05, 0) is 61.2 Å². The molecule has 1 fully saturated rings. The lowest BCUT2D eigenvalue weighted by Crippen LogP contribution is -2.34. The van der Waals surface area contributed by atoms with E-state index in [0.717, 1.165) is 43.5 Å². The highest BCUT2D eigenvalue weighted by molar-refractivity contribution is 7.91. The second-order valence-corrected chi connectivity index (χ2v) is 9.61. The van der Waals surface area contributed by atoms with Crippen LogP contribution in [0, 0.1) is 11.7 Å². The molecule has 0 aliphatic carbocycles. The van der Waals surface area contributed by atoms with Gasteiger partial charge in [0.1, 0.15) is 10.7 Å². The molecule has 1 saturated heterocycles. The molecule has 0 radical (unpaired) electrons. The Hall–Kier alpha value is -2.18. The molecule has 4 rings (SSSR count). The SMILES string of the molecule is CC1CCN(c2c(S(=O)(=O)c3ccc(F)cc3)cnc3cc(Cl)ccc23)CC1. The molecule has 0 spiro atoms. The first-order valence-corrected chi connectivity index (χ1v) is 11.1. The number of sulfone groups is 1. The number of piperidine rings is 1. The van der Waals surface area contributed by atoms with E-state index in [4.69, 9.17) is 11.6 Å². The number of anilines is 1. The summed E-state index contributed by atoms with van der Waals surface area (Å²) in [5.41, 5.74) is 1.30. The van der Waals surface area contributed by atoms with Crippen molar-refractivity contribution in [1.29, 1.82) is 0 Å². The summed E-state index contributed by atoms with van der Waals surface area (Å²) in [6.07, 6.45) is 3.38. The standard InChI is InChI=1S/C21H20ClFN2O2S/c1-14-8-10-25(11-9-14)21-18-7-2-15(22)12-19(18)24-13-20(21)28(26,27)17-5-3-16(23)4-6-17/h2-7,12-14H,8-11H2,1H3. The molecule has 0 unspecified atom stereocenters. The van der Waals surface area contributed by atoms with E-state index in [9.17, 15) is 12.8 Å². The van der Waals surface area contributed by atoms with Gasteiger partial charge >= 0.3 is 0 Å². The first kappa shape index (κ1) is 19.2. The maximum Gasteiger partial charge on any atom is 0.210 e. The number of rotatable bonds is 3. The highest BCUT2D eigenvalue weighted by Crippen LogP contribution is 2.38. The third kappa shape index (κ3) is 3.47. The number of benzene rings is 2. The molecule has 1 aromatic heterocycles. The number of aromatic nitrogens is 1. The van der Waals surface area contributed by atoms with Gasteiger partial charge in [0.25, 0.3) is 0 Å². The van der Waals surface area contributed by atoms with Crippen molar-refractivity contribution < 1.29 is 12.8 Å². The summed E-state index contributed by atoms with van der Waals surface area (Å²) < 4.78 is 40.0. The van der Waals surface area contributed by atoms with Crippen LogP contribution in [-0.2, 0) is 9.84 Å². The summed E-state index contributed by atoms with van der Waals surface area (Å²) >= 11 is 6.11. The van der Waals surface area contributed by atoms with Gasteiger partial charge in [-0.3, -0.25) is 4.98 Å². The molecular formula is C21H20ClFN2O2S. The van der Waals surface area contributed by atoms with Crippen molar-refractivity contribution in [3.63, 3.8) is 0 Å². The molecule has 7 heteroatoms. The van der Waals surface area contributed by atoms with Crippen molar-refractivity contribution in [1.82, 2.24) is 4.98 Å². The Kier molecular flexibility index (Phi) is 5.02. The number of halogens is 2. The molecule has 1 aliphatic heterocycles.